The first-order valence-electron chi connectivity index (χ1n) is 8.05. The Hall–Kier alpha value is -1.82. The first kappa shape index (κ1) is 16.5. The fourth-order valence-electron chi connectivity index (χ4n) is 2.49. The molecular formula is C16H26N4O2. The summed E-state index contributed by atoms with van der Waals surface area (Å²) >= 11 is 0. The van der Waals surface area contributed by atoms with Gasteiger partial charge in [0.2, 0.25) is 0 Å². The van der Waals surface area contributed by atoms with E-state index in [9.17, 15) is 4.79 Å². The number of pyridine rings is 1. The predicted octanol–water partition coefficient (Wildman–Crippen LogP) is 1.64. The van der Waals surface area contributed by atoms with E-state index in [2.05, 4.69) is 20.5 Å². The van der Waals surface area contributed by atoms with Crippen LogP contribution in [0.15, 0.2) is 18.3 Å². The lowest BCUT2D eigenvalue weighted by Gasteiger charge is -2.21. The van der Waals surface area contributed by atoms with E-state index in [1.807, 2.05) is 18.3 Å². The van der Waals surface area contributed by atoms with E-state index in [0.717, 1.165) is 24.5 Å². The second-order valence-corrected chi connectivity index (χ2v) is 5.84. The molecule has 122 valence electrons. The van der Waals surface area contributed by atoms with Crippen molar-refractivity contribution in [2.24, 2.45) is 0 Å². The Kier molecular flexibility index (Phi) is 6.45. The summed E-state index contributed by atoms with van der Waals surface area (Å²) in [4.78, 5) is 18.4. The third-order valence-electron chi connectivity index (χ3n) is 3.75. The van der Waals surface area contributed by atoms with Crippen molar-refractivity contribution in [3.8, 4) is 0 Å². The number of rotatable bonds is 5. The van der Waals surface area contributed by atoms with Crippen molar-refractivity contribution in [3.05, 3.63) is 23.9 Å². The summed E-state index contributed by atoms with van der Waals surface area (Å²) in [5.41, 5.74) is 0.964. The van der Waals surface area contributed by atoms with Gasteiger partial charge in [0.1, 0.15) is 5.82 Å². The number of hydrogen-bond acceptors (Lipinski definition) is 4. The van der Waals surface area contributed by atoms with Gasteiger partial charge in [0.25, 0.3) is 0 Å². The molecular weight excluding hydrogens is 280 g/mol. The van der Waals surface area contributed by atoms with Crippen LogP contribution >= 0.6 is 0 Å². The maximum absolute atomic E-state index is 11.5. The second kappa shape index (κ2) is 8.58. The van der Waals surface area contributed by atoms with Crippen LogP contribution in [0.4, 0.5) is 10.6 Å². The van der Waals surface area contributed by atoms with Gasteiger partial charge in [-0.15, -0.1) is 0 Å². The lowest BCUT2D eigenvalue weighted by Crippen LogP contribution is -2.38. The Morgan fingerprint density at radius 3 is 2.59 bits per heavy atom. The van der Waals surface area contributed by atoms with Gasteiger partial charge in [-0.25, -0.2) is 9.78 Å². The van der Waals surface area contributed by atoms with Gasteiger partial charge >= 0.3 is 6.03 Å². The number of anilines is 1. The molecule has 6 heteroatoms. The van der Waals surface area contributed by atoms with Crippen molar-refractivity contribution >= 4 is 11.8 Å². The van der Waals surface area contributed by atoms with Crippen LogP contribution in [0, 0.1) is 0 Å². The predicted molar refractivity (Wildman–Crippen MR) is 86.8 cm³/mol. The minimum Gasteiger partial charge on any atom is -0.392 e. The largest absolute Gasteiger partial charge is 0.392 e. The number of hydrogen-bond donors (Lipinski definition) is 3. The van der Waals surface area contributed by atoms with E-state index < -0.39 is 6.10 Å². The molecule has 0 spiro atoms. The first-order valence-corrected chi connectivity index (χ1v) is 8.05. The normalized spacial score (nSPS) is 16.7. The zero-order valence-corrected chi connectivity index (χ0v) is 13.2. The molecule has 6 nitrogen and oxygen atoms in total. The summed E-state index contributed by atoms with van der Waals surface area (Å²) in [7, 11) is 0. The number of nitrogens with one attached hydrogen (secondary N) is 2. The summed E-state index contributed by atoms with van der Waals surface area (Å²) < 4.78 is 0. The molecule has 1 aromatic heterocycles. The molecule has 0 radical (unpaired) electrons. The highest BCUT2D eigenvalue weighted by Crippen LogP contribution is 2.17. The van der Waals surface area contributed by atoms with Crippen LogP contribution in [0.2, 0.25) is 0 Å². The summed E-state index contributed by atoms with van der Waals surface area (Å²) in [6.07, 6.45) is 6.35. The van der Waals surface area contributed by atoms with Crippen LogP contribution in [0.25, 0.3) is 0 Å². The Labute approximate surface area is 131 Å². The fraction of sp³-hybridized carbons (Fsp3) is 0.625. The standard InChI is InChI=1S/C16H26N4O2/c1-13(21)10-18-16(22)19-12-14-6-7-15(17-11-14)20-8-4-2-3-5-9-20/h6-7,11,13,21H,2-5,8-10,12H2,1H3,(H2,18,19,22)/t13-/m1/s1. The Morgan fingerprint density at radius 2 is 2.00 bits per heavy atom. The third kappa shape index (κ3) is 5.52. The zero-order valence-electron chi connectivity index (χ0n) is 13.2. The van der Waals surface area contributed by atoms with Crippen LogP contribution in [0.1, 0.15) is 38.2 Å². The van der Waals surface area contributed by atoms with Gasteiger partial charge in [-0.1, -0.05) is 18.9 Å². The minimum atomic E-state index is -0.541. The maximum Gasteiger partial charge on any atom is 0.315 e. The molecule has 2 heterocycles. The maximum atomic E-state index is 11.5. The molecule has 1 aromatic rings. The van der Waals surface area contributed by atoms with Gasteiger partial charge in [-0.3, -0.25) is 0 Å². The van der Waals surface area contributed by atoms with Crippen molar-refractivity contribution in [1.29, 1.82) is 0 Å². The lowest BCUT2D eigenvalue weighted by atomic mass is 10.2. The summed E-state index contributed by atoms with van der Waals surface area (Å²) in [5, 5.41) is 14.4. The molecule has 1 saturated heterocycles. The van der Waals surface area contributed by atoms with Crippen molar-refractivity contribution < 1.29 is 9.90 Å². The molecule has 1 aliphatic rings. The van der Waals surface area contributed by atoms with Gasteiger partial charge in [0.15, 0.2) is 0 Å². The number of aliphatic hydroxyl groups is 1. The van der Waals surface area contributed by atoms with E-state index in [1.165, 1.54) is 25.7 Å². The first-order chi connectivity index (χ1) is 10.6. The second-order valence-electron chi connectivity index (χ2n) is 5.84. The molecule has 1 fully saturated rings. The van der Waals surface area contributed by atoms with Gasteiger partial charge in [0, 0.05) is 32.4 Å². The van der Waals surface area contributed by atoms with Gasteiger partial charge in [-0.05, 0) is 31.4 Å². The molecule has 0 saturated carbocycles. The van der Waals surface area contributed by atoms with Crippen LogP contribution in [-0.2, 0) is 6.54 Å². The molecule has 2 rings (SSSR count). The van der Waals surface area contributed by atoms with E-state index in [-0.39, 0.29) is 12.6 Å². The van der Waals surface area contributed by atoms with E-state index in [4.69, 9.17) is 5.11 Å². The van der Waals surface area contributed by atoms with Gasteiger partial charge < -0.3 is 20.6 Å². The third-order valence-corrected chi connectivity index (χ3v) is 3.75. The summed E-state index contributed by atoms with van der Waals surface area (Å²) in [6, 6.07) is 3.75. The van der Waals surface area contributed by atoms with Gasteiger partial charge in [-0.2, -0.15) is 0 Å². The van der Waals surface area contributed by atoms with Crippen molar-refractivity contribution in [2.75, 3.05) is 24.5 Å². The number of aromatic nitrogens is 1. The molecule has 0 aromatic carbocycles. The van der Waals surface area contributed by atoms with E-state index >= 15 is 0 Å². The lowest BCUT2D eigenvalue weighted by molar-refractivity contribution is 0.187. The quantitative estimate of drug-likeness (QED) is 0.773. The van der Waals surface area contributed by atoms with E-state index in [1.54, 1.807) is 6.92 Å². The Bertz CT molecular complexity index is 454. The molecule has 2 amide bonds. The number of aliphatic hydroxyl groups excluding tert-OH is 1. The van der Waals surface area contributed by atoms with Crippen LogP contribution < -0.4 is 15.5 Å². The highest BCUT2D eigenvalue weighted by atomic mass is 16.3. The molecule has 0 bridgehead atoms. The van der Waals surface area contributed by atoms with Crippen molar-refractivity contribution in [3.63, 3.8) is 0 Å². The molecule has 1 atom stereocenters. The SMILES string of the molecule is C[C@@H](O)CNC(=O)NCc1ccc(N2CCCCCC2)nc1. The highest BCUT2D eigenvalue weighted by Gasteiger charge is 2.10. The Balaban J connectivity index is 1.80. The summed E-state index contributed by atoms with van der Waals surface area (Å²) in [5.74, 6) is 1.02. The number of carbonyl (C=O) groups is 1. The average Bonchev–Trinajstić information content (AvgIpc) is 2.80. The van der Waals surface area contributed by atoms with E-state index in [0.29, 0.717) is 6.54 Å². The topological polar surface area (TPSA) is 77.5 Å². The molecule has 1 aliphatic heterocycles. The number of carbonyl (C=O) groups excluding carboxylic acids is 1. The van der Waals surface area contributed by atoms with Crippen LogP contribution in [-0.4, -0.2) is 41.9 Å². The molecule has 22 heavy (non-hydrogen) atoms. The number of urea groups is 1. The average molecular weight is 306 g/mol. The molecule has 0 unspecified atom stereocenters. The highest BCUT2D eigenvalue weighted by molar-refractivity contribution is 5.73. The Morgan fingerprint density at radius 1 is 1.27 bits per heavy atom. The van der Waals surface area contributed by atoms with Crippen LogP contribution in [0.5, 0.6) is 0 Å². The zero-order chi connectivity index (χ0) is 15.8. The summed E-state index contributed by atoms with van der Waals surface area (Å²) in [6.45, 7) is 4.46. The van der Waals surface area contributed by atoms with Gasteiger partial charge in [0.05, 0.1) is 6.10 Å². The van der Waals surface area contributed by atoms with Crippen molar-refractivity contribution in [1.82, 2.24) is 15.6 Å². The van der Waals surface area contributed by atoms with Crippen LogP contribution in [0.3, 0.4) is 0 Å². The van der Waals surface area contributed by atoms with Crippen molar-refractivity contribution in [2.45, 2.75) is 45.3 Å². The molecule has 3 N–H and O–H groups in total. The fourth-order valence-corrected chi connectivity index (χ4v) is 2.49. The minimum absolute atomic E-state index is 0.248. The number of nitrogens with zero attached hydrogens (tertiary/aromatic N) is 2. The monoisotopic (exact) mass is 306 g/mol. The molecule has 0 aliphatic carbocycles. The smallest absolute Gasteiger partial charge is 0.315 e. The number of amides is 2.